The van der Waals surface area contributed by atoms with E-state index in [0.717, 1.165) is 32.6 Å². The van der Waals surface area contributed by atoms with Crippen LogP contribution in [-0.2, 0) is 6.54 Å². The van der Waals surface area contributed by atoms with Crippen LogP contribution in [0.15, 0.2) is 48.5 Å². The van der Waals surface area contributed by atoms with E-state index in [1.807, 2.05) is 11.0 Å². The summed E-state index contributed by atoms with van der Waals surface area (Å²) in [6, 6.07) is 15.6. The van der Waals surface area contributed by atoms with Crippen molar-refractivity contribution >= 4 is 29.1 Å². The minimum atomic E-state index is -0.0379. The van der Waals surface area contributed by atoms with Gasteiger partial charge in [-0.2, -0.15) is 0 Å². The Hall–Kier alpha value is -1.55. The summed E-state index contributed by atoms with van der Waals surface area (Å²) < 4.78 is 0. The molecule has 0 spiro atoms. The Kier molecular flexibility index (Phi) is 5.77. The summed E-state index contributed by atoms with van der Waals surface area (Å²) in [7, 11) is 0. The molecule has 126 valence electrons. The first kappa shape index (κ1) is 17.3. The van der Waals surface area contributed by atoms with E-state index in [2.05, 4.69) is 29.2 Å². The lowest BCUT2D eigenvalue weighted by atomic mass is 10.2. The van der Waals surface area contributed by atoms with E-state index in [1.54, 1.807) is 18.2 Å². The molecule has 1 fully saturated rings. The van der Waals surface area contributed by atoms with E-state index in [4.69, 9.17) is 23.2 Å². The van der Waals surface area contributed by atoms with Gasteiger partial charge in [0.1, 0.15) is 0 Å². The molecule has 0 unspecified atom stereocenters. The van der Waals surface area contributed by atoms with Crippen LogP contribution in [-0.4, -0.2) is 41.9 Å². The van der Waals surface area contributed by atoms with E-state index < -0.39 is 0 Å². The zero-order valence-electron chi connectivity index (χ0n) is 13.4. The summed E-state index contributed by atoms with van der Waals surface area (Å²) in [4.78, 5) is 17.0. The average molecular weight is 363 g/mol. The fourth-order valence-electron chi connectivity index (χ4n) is 3.01. The molecule has 0 radical (unpaired) electrons. The molecule has 1 saturated heterocycles. The molecule has 5 heteroatoms. The Labute approximate surface area is 152 Å². The maximum Gasteiger partial charge on any atom is 0.255 e. The van der Waals surface area contributed by atoms with Crippen LogP contribution in [0.5, 0.6) is 0 Å². The molecule has 0 atom stereocenters. The Balaban J connectivity index is 1.65. The van der Waals surface area contributed by atoms with E-state index in [-0.39, 0.29) is 5.91 Å². The van der Waals surface area contributed by atoms with Crippen LogP contribution in [0.2, 0.25) is 10.0 Å². The maximum absolute atomic E-state index is 12.8. The lowest BCUT2D eigenvalue weighted by Crippen LogP contribution is -2.35. The van der Waals surface area contributed by atoms with Gasteiger partial charge in [0.05, 0.1) is 15.6 Å². The third kappa shape index (κ3) is 4.10. The molecule has 1 aliphatic heterocycles. The smallest absolute Gasteiger partial charge is 0.255 e. The molecule has 3 rings (SSSR count). The lowest BCUT2D eigenvalue weighted by Gasteiger charge is -2.22. The van der Waals surface area contributed by atoms with Gasteiger partial charge >= 0.3 is 0 Å². The highest BCUT2D eigenvalue weighted by molar-refractivity contribution is 6.43. The van der Waals surface area contributed by atoms with Crippen molar-refractivity contribution in [2.75, 3.05) is 26.2 Å². The molecular weight excluding hydrogens is 343 g/mol. The third-order valence-electron chi connectivity index (χ3n) is 4.31. The van der Waals surface area contributed by atoms with Crippen LogP contribution < -0.4 is 0 Å². The van der Waals surface area contributed by atoms with Crippen molar-refractivity contribution in [3.63, 3.8) is 0 Å². The Morgan fingerprint density at radius 3 is 2.50 bits per heavy atom. The average Bonchev–Trinajstić information content (AvgIpc) is 2.83. The molecule has 0 saturated carbocycles. The summed E-state index contributed by atoms with van der Waals surface area (Å²) in [5.41, 5.74) is 1.79. The molecule has 0 bridgehead atoms. The monoisotopic (exact) mass is 362 g/mol. The van der Waals surface area contributed by atoms with Crippen molar-refractivity contribution in [3.8, 4) is 0 Å². The van der Waals surface area contributed by atoms with Gasteiger partial charge < -0.3 is 4.90 Å². The van der Waals surface area contributed by atoms with Crippen LogP contribution in [0.25, 0.3) is 0 Å². The number of benzene rings is 2. The molecule has 0 N–H and O–H groups in total. The Morgan fingerprint density at radius 2 is 1.71 bits per heavy atom. The van der Waals surface area contributed by atoms with Crippen molar-refractivity contribution in [1.82, 2.24) is 9.80 Å². The van der Waals surface area contributed by atoms with E-state index in [1.165, 1.54) is 5.56 Å². The molecule has 1 aliphatic rings. The lowest BCUT2D eigenvalue weighted by molar-refractivity contribution is 0.0761. The van der Waals surface area contributed by atoms with Gasteiger partial charge in [0.2, 0.25) is 0 Å². The molecule has 2 aromatic carbocycles. The Bertz CT molecular complexity index is 706. The highest BCUT2D eigenvalue weighted by atomic mass is 35.5. The third-order valence-corrected chi connectivity index (χ3v) is 5.13. The minimum Gasteiger partial charge on any atom is -0.337 e. The van der Waals surface area contributed by atoms with Gasteiger partial charge in [0.15, 0.2) is 0 Å². The van der Waals surface area contributed by atoms with E-state index in [9.17, 15) is 4.79 Å². The van der Waals surface area contributed by atoms with E-state index in [0.29, 0.717) is 22.2 Å². The van der Waals surface area contributed by atoms with Crippen LogP contribution >= 0.6 is 23.2 Å². The summed E-state index contributed by atoms with van der Waals surface area (Å²) in [6.07, 6.45) is 0.955. The second kappa shape index (κ2) is 8.02. The SMILES string of the molecule is O=C(c1cccc(Cl)c1Cl)N1CCCN(Cc2ccccc2)CC1. The normalized spacial score (nSPS) is 16.0. The fourth-order valence-corrected chi connectivity index (χ4v) is 3.39. The zero-order chi connectivity index (χ0) is 16.9. The van der Waals surface area contributed by atoms with Crippen LogP contribution in [0, 0.1) is 0 Å². The molecule has 0 aliphatic carbocycles. The summed E-state index contributed by atoms with van der Waals surface area (Å²) in [5, 5.41) is 0.762. The standard InChI is InChI=1S/C19H20Cl2N2O/c20-17-9-4-8-16(18(17)21)19(24)23-11-5-10-22(12-13-23)14-15-6-2-1-3-7-15/h1-4,6-9H,5,10-14H2. The van der Waals surface area contributed by atoms with Gasteiger partial charge in [-0.1, -0.05) is 59.6 Å². The second-order valence-corrected chi connectivity index (χ2v) is 6.79. The number of carbonyl (C=O) groups is 1. The first-order chi connectivity index (χ1) is 11.6. The molecule has 0 aromatic heterocycles. The number of carbonyl (C=O) groups excluding carboxylic acids is 1. The first-order valence-electron chi connectivity index (χ1n) is 8.15. The quantitative estimate of drug-likeness (QED) is 0.810. The van der Waals surface area contributed by atoms with Gasteiger partial charge in [0.25, 0.3) is 5.91 Å². The van der Waals surface area contributed by atoms with Crippen molar-refractivity contribution in [3.05, 3.63) is 69.7 Å². The topological polar surface area (TPSA) is 23.6 Å². The summed E-state index contributed by atoms with van der Waals surface area (Å²) in [6.45, 7) is 4.21. The molecule has 2 aromatic rings. The summed E-state index contributed by atoms with van der Waals surface area (Å²) in [5.74, 6) is -0.0379. The van der Waals surface area contributed by atoms with Gasteiger partial charge in [-0.25, -0.2) is 0 Å². The van der Waals surface area contributed by atoms with Crippen LogP contribution in [0.3, 0.4) is 0 Å². The predicted molar refractivity (Wildman–Crippen MR) is 98.7 cm³/mol. The van der Waals surface area contributed by atoms with Gasteiger partial charge in [-0.3, -0.25) is 9.69 Å². The van der Waals surface area contributed by atoms with Crippen molar-refractivity contribution < 1.29 is 4.79 Å². The number of nitrogens with zero attached hydrogens (tertiary/aromatic N) is 2. The van der Waals surface area contributed by atoms with Gasteiger partial charge in [-0.15, -0.1) is 0 Å². The number of amides is 1. The van der Waals surface area contributed by atoms with Crippen LogP contribution in [0.1, 0.15) is 22.3 Å². The first-order valence-corrected chi connectivity index (χ1v) is 8.90. The fraction of sp³-hybridized carbons (Fsp3) is 0.316. The van der Waals surface area contributed by atoms with Crippen molar-refractivity contribution in [1.29, 1.82) is 0 Å². The Morgan fingerprint density at radius 1 is 0.917 bits per heavy atom. The highest BCUT2D eigenvalue weighted by Crippen LogP contribution is 2.26. The molecule has 1 amide bonds. The largest absolute Gasteiger partial charge is 0.337 e. The van der Waals surface area contributed by atoms with Gasteiger partial charge in [0, 0.05) is 32.7 Å². The number of hydrogen-bond acceptors (Lipinski definition) is 2. The second-order valence-electron chi connectivity index (χ2n) is 6.01. The highest BCUT2D eigenvalue weighted by Gasteiger charge is 2.22. The number of hydrogen-bond donors (Lipinski definition) is 0. The van der Waals surface area contributed by atoms with E-state index >= 15 is 0 Å². The number of halogens is 2. The van der Waals surface area contributed by atoms with Gasteiger partial charge in [-0.05, 0) is 24.1 Å². The molecule has 3 nitrogen and oxygen atoms in total. The van der Waals surface area contributed by atoms with Crippen molar-refractivity contribution in [2.24, 2.45) is 0 Å². The molecular formula is C19H20Cl2N2O. The minimum absolute atomic E-state index is 0.0379. The maximum atomic E-state index is 12.8. The number of rotatable bonds is 3. The molecule has 24 heavy (non-hydrogen) atoms. The zero-order valence-corrected chi connectivity index (χ0v) is 14.9. The summed E-state index contributed by atoms with van der Waals surface area (Å²) >= 11 is 12.2. The predicted octanol–water partition coefficient (Wildman–Crippen LogP) is 4.34. The van der Waals surface area contributed by atoms with Crippen LogP contribution in [0.4, 0.5) is 0 Å². The van der Waals surface area contributed by atoms with Crippen molar-refractivity contribution in [2.45, 2.75) is 13.0 Å². The molecule has 1 heterocycles.